The number of halogens is 1. The summed E-state index contributed by atoms with van der Waals surface area (Å²) in [5, 5.41) is 3.40. The third-order valence-corrected chi connectivity index (χ3v) is 4.10. The van der Waals surface area contributed by atoms with Gasteiger partial charge in [-0.1, -0.05) is 35.8 Å². The average molecular weight is 298 g/mol. The molecule has 2 heteroatoms. The summed E-state index contributed by atoms with van der Waals surface area (Å²) >= 11 is 3.43. The third-order valence-electron chi connectivity index (χ3n) is 3.70. The first-order valence-electron chi connectivity index (χ1n) is 6.16. The highest BCUT2D eigenvalue weighted by molar-refractivity contribution is 9.09. The van der Waals surface area contributed by atoms with Crippen LogP contribution in [0.3, 0.4) is 0 Å². The Bertz CT molecular complexity index is 382. The zero-order valence-electron chi connectivity index (χ0n) is 11.9. The molecule has 0 radical (unpaired) electrons. The first-order chi connectivity index (χ1) is 7.81. The van der Waals surface area contributed by atoms with E-state index in [-0.39, 0.29) is 5.41 Å². The van der Waals surface area contributed by atoms with Gasteiger partial charge in [-0.25, -0.2) is 0 Å². The van der Waals surface area contributed by atoms with Crippen molar-refractivity contribution in [1.29, 1.82) is 0 Å². The Morgan fingerprint density at radius 1 is 1.06 bits per heavy atom. The molecule has 0 aliphatic carbocycles. The minimum atomic E-state index is 0.165. The molecule has 17 heavy (non-hydrogen) atoms. The summed E-state index contributed by atoms with van der Waals surface area (Å²) in [6.07, 6.45) is 0. The van der Waals surface area contributed by atoms with Gasteiger partial charge >= 0.3 is 0 Å². The Morgan fingerprint density at radius 3 is 1.94 bits per heavy atom. The number of benzene rings is 1. The second-order valence-corrected chi connectivity index (χ2v) is 6.14. The van der Waals surface area contributed by atoms with Crippen LogP contribution in [0.1, 0.15) is 41.7 Å². The van der Waals surface area contributed by atoms with Crippen molar-refractivity contribution in [3.8, 4) is 0 Å². The number of nitrogens with one attached hydrogen (secondary N) is 1. The van der Waals surface area contributed by atoms with Gasteiger partial charge < -0.3 is 5.32 Å². The molecule has 1 rings (SSSR count). The second-order valence-electron chi connectivity index (χ2n) is 5.58. The van der Waals surface area contributed by atoms with Gasteiger partial charge in [0.1, 0.15) is 0 Å². The van der Waals surface area contributed by atoms with E-state index >= 15 is 0 Å². The molecule has 0 saturated carbocycles. The summed E-state index contributed by atoms with van der Waals surface area (Å²) in [4.78, 5) is 0. The molecular formula is C15H24BrN. The summed E-state index contributed by atoms with van der Waals surface area (Å²) in [5.41, 5.74) is 8.19. The minimum Gasteiger partial charge on any atom is -0.306 e. The van der Waals surface area contributed by atoms with Crippen molar-refractivity contribution in [2.75, 3.05) is 12.0 Å². The number of aryl methyl sites for hydroxylation is 2. The Kier molecular flexibility index (Phi) is 4.79. The predicted octanol–water partition coefficient (Wildman–Crippen LogP) is 4.14. The topological polar surface area (TPSA) is 12.0 Å². The summed E-state index contributed by atoms with van der Waals surface area (Å²) in [6, 6.07) is 2.29. The van der Waals surface area contributed by atoms with Crippen LogP contribution in [-0.2, 0) is 5.41 Å². The molecule has 0 aliphatic rings. The highest BCUT2D eigenvalue weighted by Crippen LogP contribution is 2.32. The summed E-state index contributed by atoms with van der Waals surface area (Å²) in [7, 11) is 0. The van der Waals surface area contributed by atoms with Gasteiger partial charge in [-0.15, -0.1) is 0 Å². The van der Waals surface area contributed by atoms with Crippen molar-refractivity contribution in [3.05, 3.63) is 33.9 Å². The number of rotatable bonds is 4. The quantitative estimate of drug-likeness (QED) is 0.650. The summed E-state index contributed by atoms with van der Waals surface area (Å²) in [5.74, 6) is 0. The van der Waals surface area contributed by atoms with Gasteiger partial charge in [-0.05, 0) is 55.5 Å². The van der Waals surface area contributed by atoms with Crippen LogP contribution in [0.15, 0.2) is 6.07 Å². The molecule has 0 bridgehead atoms. The zero-order valence-corrected chi connectivity index (χ0v) is 13.5. The molecule has 0 fully saturated rings. The number of hydrogen-bond acceptors (Lipinski definition) is 1. The van der Waals surface area contributed by atoms with Gasteiger partial charge in [-0.3, -0.25) is 0 Å². The molecule has 0 aliphatic heterocycles. The van der Waals surface area contributed by atoms with Crippen LogP contribution < -0.4 is 5.32 Å². The highest BCUT2D eigenvalue weighted by atomic mass is 79.9. The fraction of sp³-hybridized carbons (Fsp3) is 0.600. The molecule has 0 aromatic heterocycles. The molecule has 0 heterocycles. The van der Waals surface area contributed by atoms with Gasteiger partial charge in [0.2, 0.25) is 0 Å². The lowest BCUT2D eigenvalue weighted by atomic mass is 9.77. The predicted molar refractivity (Wildman–Crippen MR) is 80.2 cm³/mol. The van der Waals surface area contributed by atoms with E-state index in [1.165, 1.54) is 27.8 Å². The highest BCUT2D eigenvalue weighted by Gasteiger charge is 2.25. The van der Waals surface area contributed by atoms with E-state index in [2.05, 4.69) is 68.9 Å². The van der Waals surface area contributed by atoms with Gasteiger partial charge in [0.25, 0.3) is 0 Å². The fourth-order valence-electron chi connectivity index (χ4n) is 2.68. The van der Waals surface area contributed by atoms with E-state index in [0.29, 0.717) is 0 Å². The Hall–Kier alpha value is -0.340. The molecule has 1 aromatic carbocycles. The Balaban J connectivity index is 3.29. The molecule has 1 nitrogen and oxygen atoms in total. The number of alkyl halides is 1. The molecular weight excluding hydrogens is 274 g/mol. The molecule has 0 amide bonds. The molecule has 0 unspecified atom stereocenters. The SMILES string of the molecule is Cc1cc(C)c(C)c(C(C)(C)CNCBr)c1C. The number of hydrogen-bond donors (Lipinski definition) is 1. The molecule has 96 valence electrons. The summed E-state index contributed by atoms with van der Waals surface area (Å²) in [6.45, 7) is 14.5. The van der Waals surface area contributed by atoms with E-state index in [9.17, 15) is 0 Å². The van der Waals surface area contributed by atoms with E-state index in [1.807, 2.05) is 0 Å². The van der Waals surface area contributed by atoms with Gasteiger partial charge in [0, 0.05) is 12.0 Å². The maximum absolute atomic E-state index is 3.43. The monoisotopic (exact) mass is 297 g/mol. The smallest absolute Gasteiger partial charge is 0.0517 e. The lowest BCUT2D eigenvalue weighted by molar-refractivity contribution is 0.485. The van der Waals surface area contributed by atoms with Crippen molar-refractivity contribution in [2.24, 2.45) is 0 Å². The van der Waals surface area contributed by atoms with Crippen LogP contribution >= 0.6 is 15.9 Å². The zero-order chi connectivity index (χ0) is 13.2. The van der Waals surface area contributed by atoms with Crippen LogP contribution in [-0.4, -0.2) is 12.0 Å². The average Bonchev–Trinajstić information content (AvgIpc) is 2.24. The lowest BCUT2D eigenvalue weighted by Crippen LogP contribution is -2.34. The van der Waals surface area contributed by atoms with Crippen molar-refractivity contribution in [2.45, 2.75) is 47.0 Å². The van der Waals surface area contributed by atoms with Crippen LogP contribution in [0.25, 0.3) is 0 Å². The first-order valence-corrected chi connectivity index (χ1v) is 7.28. The third kappa shape index (κ3) is 3.11. The van der Waals surface area contributed by atoms with E-state index in [4.69, 9.17) is 0 Å². The first kappa shape index (κ1) is 14.7. The standard InChI is InChI=1S/C15H24BrN/c1-10-7-11(2)13(4)14(12(10)3)15(5,6)8-17-9-16/h7,17H,8-9H2,1-6H3. The molecule has 0 saturated heterocycles. The van der Waals surface area contributed by atoms with Gasteiger partial charge in [0.05, 0.1) is 5.45 Å². The van der Waals surface area contributed by atoms with Crippen LogP contribution in [0.4, 0.5) is 0 Å². The van der Waals surface area contributed by atoms with Crippen molar-refractivity contribution in [3.63, 3.8) is 0 Å². The van der Waals surface area contributed by atoms with E-state index in [0.717, 1.165) is 12.0 Å². The van der Waals surface area contributed by atoms with Crippen LogP contribution in [0, 0.1) is 27.7 Å². The van der Waals surface area contributed by atoms with E-state index < -0.39 is 0 Å². The molecule has 0 spiro atoms. The van der Waals surface area contributed by atoms with Gasteiger partial charge in [0.15, 0.2) is 0 Å². The van der Waals surface area contributed by atoms with Crippen molar-refractivity contribution in [1.82, 2.24) is 5.32 Å². The maximum Gasteiger partial charge on any atom is 0.0517 e. The largest absolute Gasteiger partial charge is 0.306 e. The fourth-order valence-corrected chi connectivity index (χ4v) is 2.88. The van der Waals surface area contributed by atoms with Gasteiger partial charge in [-0.2, -0.15) is 0 Å². The minimum absolute atomic E-state index is 0.165. The van der Waals surface area contributed by atoms with Crippen LogP contribution in [0.2, 0.25) is 0 Å². The van der Waals surface area contributed by atoms with Crippen LogP contribution in [0.5, 0.6) is 0 Å². The van der Waals surface area contributed by atoms with Crippen molar-refractivity contribution >= 4 is 15.9 Å². The molecule has 1 aromatic rings. The lowest BCUT2D eigenvalue weighted by Gasteiger charge is -2.31. The van der Waals surface area contributed by atoms with E-state index in [1.54, 1.807) is 0 Å². The molecule has 0 atom stereocenters. The Labute approximate surface area is 114 Å². The maximum atomic E-state index is 3.43. The summed E-state index contributed by atoms with van der Waals surface area (Å²) < 4.78 is 0. The molecule has 1 N–H and O–H groups in total. The normalized spacial score (nSPS) is 11.9. The second kappa shape index (κ2) is 5.53. The Morgan fingerprint density at radius 2 is 1.53 bits per heavy atom. The van der Waals surface area contributed by atoms with Crippen molar-refractivity contribution < 1.29 is 0 Å².